The summed E-state index contributed by atoms with van der Waals surface area (Å²) in [7, 11) is 0. The molecule has 3 nitrogen and oxygen atoms in total. The van der Waals surface area contributed by atoms with Crippen molar-refractivity contribution in [2.75, 3.05) is 13.1 Å². The minimum Gasteiger partial charge on any atom is -0.337 e. The van der Waals surface area contributed by atoms with Crippen LogP contribution in [0.5, 0.6) is 0 Å². The van der Waals surface area contributed by atoms with Gasteiger partial charge in [-0.2, -0.15) is 0 Å². The molecule has 112 valence electrons. The Morgan fingerprint density at radius 1 is 1.35 bits per heavy atom. The number of piperazine rings is 1. The molecule has 1 aliphatic rings. The van der Waals surface area contributed by atoms with Gasteiger partial charge >= 0.3 is 0 Å². The fourth-order valence-electron chi connectivity index (χ4n) is 2.29. The van der Waals surface area contributed by atoms with Crippen molar-refractivity contribution in [2.24, 2.45) is 0 Å². The number of hydrogen-bond donors (Lipinski definition) is 1. The SMILES string of the molecule is CC1CN(C(=O)Cc2ccc(F)c(F)c2)C(C)CN1.Cl. The summed E-state index contributed by atoms with van der Waals surface area (Å²) in [5.74, 6) is -1.85. The third kappa shape index (κ3) is 3.90. The number of halogens is 3. The smallest absolute Gasteiger partial charge is 0.227 e. The number of rotatable bonds is 2. The molecule has 1 aromatic rings. The molecule has 1 N–H and O–H groups in total. The molecule has 1 aliphatic heterocycles. The first-order valence-electron chi connectivity index (χ1n) is 6.44. The van der Waals surface area contributed by atoms with E-state index in [9.17, 15) is 13.6 Å². The maximum Gasteiger partial charge on any atom is 0.227 e. The molecule has 20 heavy (non-hydrogen) atoms. The number of carbonyl (C=O) groups is 1. The first kappa shape index (κ1) is 16.9. The molecule has 2 atom stereocenters. The van der Waals surface area contributed by atoms with Gasteiger partial charge in [-0.25, -0.2) is 8.78 Å². The van der Waals surface area contributed by atoms with Crippen molar-refractivity contribution in [2.45, 2.75) is 32.4 Å². The highest BCUT2D eigenvalue weighted by molar-refractivity contribution is 5.85. The quantitative estimate of drug-likeness (QED) is 0.908. The van der Waals surface area contributed by atoms with Gasteiger partial charge in [0.2, 0.25) is 5.91 Å². The van der Waals surface area contributed by atoms with Crippen molar-refractivity contribution in [3.63, 3.8) is 0 Å². The van der Waals surface area contributed by atoms with Crippen LogP contribution in [0.3, 0.4) is 0 Å². The predicted molar refractivity (Wildman–Crippen MR) is 75.9 cm³/mol. The molecule has 2 rings (SSSR count). The van der Waals surface area contributed by atoms with Crippen LogP contribution >= 0.6 is 12.4 Å². The predicted octanol–water partition coefficient (Wildman–Crippen LogP) is 2.14. The number of carbonyl (C=O) groups excluding carboxylic acids is 1. The Kier molecular flexibility index (Phi) is 5.89. The Bertz CT molecular complexity index is 484. The summed E-state index contributed by atoms with van der Waals surface area (Å²) in [5.41, 5.74) is 0.502. The molecule has 1 fully saturated rings. The number of nitrogens with one attached hydrogen (secondary N) is 1. The lowest BCUT2D eigenvalue weighted by molar-refractivity contribution is -0.133. The van der Waals surface area contributed by atoms with Gasteiger partial charge in [-0.15, -0.1) is 12.4 Å². The van der Waals surface area contributed by atoms with E-state index < -0.39 is 11.6 Å². The number of nitrogens with zero attached hydrogens (tertiary/aromatic N) is 1. The van der Waals surface area contributed by atoms with Gasteiger partial charge in [-0.05, 0) is 31.5 Å². The minimum atomic E-state index is -0.910. The zero-order chi connectivity index (χ0) is 14.0. The largest absolute Gasteiger partial charge is 0.337 e. The van der Waals surface area contributed by atoms with E-state index in [-0.39, 0.29) is 36.8 Å². The second kappa shape index (κ2) is 6.99. The van der Waals surface area contributed by atoms with Gasteiger partial charge in [0.15, 0.2) is 11.6 Å². The van der Waals surface area contributed by atoms with E-state index in [0.717, 1.165) is 18.7 Å². The fraction of sp³-hybridized carbons (Fsp3) is 0.500. The molecule has 1 heterocycles. The maximum atomic E-state index is 13.1. The van der Waals surface area contributed by atoms with Crippen LogP contribution in [0.1, 0.15) is 19.4 Å². The zero-order valence-electron chi connectivity index (χ0n) is 11.5. The van der Waals surface area contributed by atoms with Crippen molar-refractivity contribution in [1.29, 1.82) is 0 Å². The van der Waals surface area contributed by atoms with Crippen LogP contribution in [0.25, 0.3) is 0 Å². The van der Waals surface area contributed by atoms with E-state index in [2.05, 4.69) is 5.32 Å². The molecule has 0 spiro atoms. The second-order valence-corrected chi connectivity index (χ2v) is 5.13. The van der Waals surface area contributed by atoms with Gasteiger partial charge in [0.1, 0.15) is 0 Å². The van der Waals surface area contributed by atoms with E-state index >= 15 is 0 Å². The second-order valence-electron chi connectivity index (χ2n) is 5.13. The molecule has 0 bridgehead atoms. The Morgan fingerprint density at radius 2 is 2.05 bits per heavy atom. The molecule has 6 heteroatoms. The fourth-order valence-corrected chi connectivity index (χ4v) is 2.29. The van der Waals surface area contributed by atoms with Gasteiger partial charge < -0.3 is 10.2 Å². The Morgan fingerprint density at radius 3 is 2.70 bits per heavy atom. The maximum absolute atomic E-state index is 13.1. The van der Waals surface area contributed by atoms with Crippen molar-refractivity contribution in [3.8, 4) is 0 Å². The topological polar surface area (TPSA) is 32.3 Å². The Labute approximate surface area is 123 Å². The summed E-state index contributed by atoms with van der Waals surface area (Å²) in [5, 5.41) is 3.29. The average Bonchev–Trinajstić information content (AvgIpc) is 2.36. The minimum absolute atomic E-state index is 0. The third-order valence-corrected chi connectivity index (χ3v) is 3.42. The van der Waals surface area contributed by atoms with Gasteiger partial charge in [0.05, 0.1) is 6.42 Å². The van der Waals surface area contributed by atoms with Crippen molar-refractivity contribution in [1.82, 2.24) is 10.2 Å². The first-order valence-corrected chi connectivity index (χ1v) is 6.44. The number of hydrogen-bond acceptors (Lipinski definition) is 2. The lowest BCUT2D eigenvalue weighted by Gasteiger charge is -2.37. The molecular formula is C14H19ClF2N2O. The average molecular weight is 305 g/mol. The molecule has 0 radical (unpaired) electrons. The van der Waals surface area contributed by atoms with E-state index in [1.165, 1.54) is 6.07 Å². The normalized spacial score (nSPS) is 22.3. The molecule has 2 unspecified atom stereocenters. The highest BCUT2D eigenvalue weighted by Gasteiger charge is 2.26. The van der Waals surface area contributed by atoms with E-state index in [0.29, 0.717) is 12.1 Å². The number of amides is 1. The highest BCUT2D eigenvalue weighted by Crippen LogP contribution is 2.13. The van der Waals surface area contributed by atoms with Crippen LogP contribution in [-0.2, 0) is 11.2 Å². The lowest BCUT2D eigenvalue weighted by atomic mass is 10.1. The highest BCUT2D eigenvalue weighted by atomic mass is 35.5. The van der Waals surface area contributed by atoms with Gasteiger partial charge in [-0.1, -0.05) is 6.07 Å². The Balaban J connectivity index is 0.00000200. The van der Waals surface area contributed by atoms with Crippen molar-refractivity contribution >= 4 is 18.3 Å². The first-order chi connectivity index (χ1) is 8.97. The van der Waals surface area contributed by atoms with Gasteiger partial charge in [0.25, 0.3) is 0 Å². The summed E-state index contributed by atoms with van der Waals surface area (Å²) >= 11 is 0. The monoisotopic (exact) mass is 304 g/mol. The van der Waals surface area contributed by atoms with E-state index in [1.807, 2.05) is 13.8 Å². The summed E-state index contributed by atoms with van der Waals surface area (Å²) in [4.78, 5) is 14.0. The van der Waals surface area contributed by atoms with Crippen LogP contribution in [0, 0.1) is 11.6 Å². The molecule has 0 aliphatic carbocycles. The molecule has 1 aromatic carbocycles. The third-order valence-electron chi connectivity index (χ3n) is 3.42. The molecule has 0 aromatic heterocycles. The molecular weight excluding hydrogens is 286 g/mol. The van der Waals surface area contributed by atoms with E-state index in [4.69, 9.17) is 0 Å². The van der Waals surface area contributed by atoms with Gasteiger partial charge in [-0.3, -0.25) is 4.79 Å². The summed E-state index contributed by atoms with van der Waals surface area (Å²) in [6.07, 6.45) is 0.105. The van der Waals surface area contributed by atoms with Crippen molar-refractivity contribution in [3.05, 3.63) is 35.4 Å². The summed E-state index contributed by atoms with van der Waals surface area (Å²) in [6, 6.07) is 3.97. The molecule has 1 saturated heterocycles. The van der Waals surface area contributed by atoms with Crippen LogP contribution < -0.4 is 5.32 Å². The van der Waals surface area contributed by atoms with E-state index in [1.54, 1.807) is 4.90 Å². The summed E-state index contributed by atoms with van der Waals surface area (Å²) < 4.78 is 25.9. The zero-order valence-corrected chi connectivity index (χ0v) is 12.3. The van der Waals surface area contributed by atoms with Crippen LogP contribution in [0.4, 0.5) is 8.78 Å². The lowest BCUT2D eigenvalue weighted by Crippen LogP contribution is -2.56. The standard InChI is InChI=1S/C14H18F2N2O.ClH/c1-9-8-18(10(2)7-17-9)14(19)6-11-3-4-12(15)13(16)5-11;/h3-5,9-10,17H,6-8H2,1-2H3;1H. The molecule has 0 saturated carbocycles. The van der Waals surface area contributed by atoms with Crippen molar-refractivity contribution < 1.29 is 13.6 Å². The molecule has 1 amide bonds. The van der Waals surface area contributed by atoms with Crippen LogP contribution in [-0.4, -0.2) is 36.0 Å². The Hall–Kier alpha value is -1.20. The van der Waals surface area contributed by atoms with Crippen LogP contribution in [0.2, 0.25) is 0 Å². The number of benzene rings is 1. The van der Waals surface area contributed by atoms with Crippen LogP contribution in [0.15, 0.2) is 18.2 Å². The summed E-state index contributed by atoms with van der Waals surface area (Å²) in [6.45, 7) is 5.39. The van der Waals surface area contributed by atoms with Gasteiger partial charge in [0, 0.05) is 25.2 Å².